The van der Waals surface area contributed by atoms with E-state index in [0.29, 0.717) is 13.0 Å². The van der Waals surface area contributed by atoms with Gasteiger partial charge in [0.15, 0.2) is 0 Å². The van der Waals surface area contributed by atoms with Gasteiger partial charge in [-0.05, 0) is 19.3 Å². The van der Waals surface area contributed by atoms with Gasteiger partial charge >= 0.3 is 0 Å². The first-order valence-corrected chi connectivity index (χ1v) is 5.86. The molecule has 0 aromatic carbocycles. The van der Waals surface area contributed by atoms with Gasteiger partial charge in [0.2, 0.25) is 5.91 Å². The quantitative estimate of drug-likeness (QED) is 0.813. The number of aryl methyl sites for hydroxylation is 2. The van der Waals surface area contributed by atoms with Gasteiger partial charge in [0.1, 0.15) is 5.76 Å². The Morgan fingerprint density at radius 3 is 2.35 bits per heavy atom. The van der Waals surface area contributed by atoms with E-state index >= 15 is 0 Å². The summed E-state index contributed by atoms with van der Waals surface area (Å²) in [7, 11) is 1.82. The summed E-state index contributed by atoms with van der Waals surface area (Å²) >= 11 is 0. The van der Waals surface area contributed by atoms with Crippen molar-refractivity contribution in [1.29, 1.82) is 0 Å². The highest BCUT2D eigenvalue weighted by Crippen LogP contribution is 2.21. The highest BCUT2D eigenvalue weighted by molar-refractivity contribution is 5.76. The van der Waals surface area contributed by atoms with Crippen LogP contribution in [0.1, 0.15) is 44.2 Å². The molecule has 0 spiro atoms. The second-order valence-electron chi connectivity index (χ2n) is 5.79. The molecule has 0 radical (unpaired) electrons. The van der Waals surface area contributed by atoms with E-state index in [1.54, 1.807) is 4.90 Å². The van der Waals surface area contributed by atoms with E-state index in [0.717, 1.165) is 17.0 Å². The normalized spacial score (nSPS) is 11.6. The topological polar surface area (TPSA) is 46.3 Å². The number of aromatic nitrogens is 1. The van der Waals surface area contributed by atoms with Crippen LogP contribution in [0.2, 0.25) is 0 Å². The number of carbonyl (C=O) groups is 1. The van der Waals surface area contributed by atoms with Crippen molar-refractivity contribution in [3.63, 3.8) is 0 Å². The molecule has 0 unspecified atom stereocenters. The second-order valence-corrected chi connectivity index (χ2v) is 5.79. The molecular weight excluding hydrogens is 216 g/mol. The molecule has 0 aliphatic carbocycles. The average Bonchev–Trinajstić information content (AvgIpc) is 2.46. The number of rotatable bonds is 3. The van der Waals surface area contributed by atoms with Crippen molar-refractivity contribution < 1.29 is 9.32 Å². The smallest absolute Gasteiger partial charge is 0.223 e. The van der Waals surface area contributed by atoms with Crippen molar-refractivity contribution in [2.24, 2.45) is 5.41 Å². The summed E-state index contributed by atoms with van der Waals surface area (Å²) in [6, 6.07) is 0. The van der Waals surface area contributed by atoms with E-state index in [-0.39, 0.29) is 11.3 Å². The fourth-order valence-electron chi connectivity index (χ4n) is 1.64. The van der Waals surface area contributed by atoms with Gasteiger partial charge in [-0.3, -0.25) is 4.79 Å². The summed E-state index contributed by atoms with van der Waals surface area (Å²) in [4.78, 5) is 13.7. The Morgan fingerprint density at radius 2 is 1.94 bits per heavy atom. The first kappa shape index (κ1) is 13.7. The Kier molecular flexibility index (Phi) is 3.96. The Morgan fingerprint density at radius 1 is 1.35 bits per heavy atom. The van der Waals surface area contributed by atoms with Crippen LogP contribution in [0, 0.1) is 19.3 Å². The van der Waals surface area contributed by atoms with Gasteiger partial charge in [0.05, 0.1) is 12.2 Å². The molecule has 96 valence electrons. The van der Waals surface area contributed by atoms with Crippen molar-refractivity contribution in [3.05, 3.63) is 17.0 Å². The highest BCUT2D eigenvalue weighted by Gasteiger charge is 2.20. The van der Waals surface area contributed by atoms with Gasteiger partial charge in [-0.25, -0.2) is 0 Å². The molecule has 17 heavy (non-hydrogen) atoms. The zero-order valence-electron chi connectivity index (χ0n) is 11.6. The number of carbonyl (C=O) groups excluding carboxylic acids is 1. The molecule has 1 aromatic heterocycles. The lowest BCUT2D eigenvalue weighted by Crippen LogP contribution is -2.29. The summed E-state index contributed by atoms with van der Waals surface area (Å²) in [6.07, 6.45) is 0.548. The molecule has 0 saturated heterocycles. The summed E-state index contributed by atoms with van der Waals surface area (Å²) in [6.45, 7) is 10.5. The Bertz CT molecular complexity index is 383. The molecule has 0 N–H and O–H groups in total. The molecule has 4 heteroatoms. The predicted molar refractivity (Wildman–Crippen MR) is 66.5 cm³/mol. The minimum Gasteiger partial charge on any atom is -0.361 e. The fourth-order valence-corrected chi connectivity index (χ4v) is 1.64. The van der Waals surface area contributed by atoms with Crippen LogP contribution >= 0.6 is 0 Å². The molecule has 1 aromatic rings. The minimum absolute atomic E-state index is 0.0179. The molecule has 0 bridgehead atoms. The van der Waals surface area contributed by atoms with Crippen LogP contribution in [0.15, 0.2) is 4.52 Å². The molecular formula is C13H22N2O2. The molecule has 0 saturated carbocycles. The van der Waals surface area contributed by atoms with Crippen LogP contribution in [-0.4, -0.2) is 23.0 Å². The minimum atomic E-state index is 0.0179. The lowest BCUT2D eigenvalue weighted by Gasteiger charge is -2.23. The molecule has 1 heterocycles. The summed E-state index contributed by atoms with van der Waals surface area (Å²) in [5.74, 6) is 0.940. The van der Waals surface area contributed by atoms with Crippen LogP contribution in [0.3, 0.4) is 0 Å². The fraction of sp³-hybridized carbons (Fsp3) is 0.692. The maximum atomic E-state index is 12.0. The SMILES string of the molecule is Cc1noc(C)c1CN(C)C(=O)CC(C)(C)C. The maximum Gasteiger partial charge on any atom is 0.223 e. The number of hydrogen-bond acceptors (Lipinski definition) is 3. The lowest BCUT2D eigenvalue weighted by atomic mass is 9.91. The first-order valence-electron chi connectivity index (χ1n) is 5.86. The van der Waals surface area contributed by atoms with Crippen LogP contribution in [0.25, 0.3) is 0 Å². The van der Waals surface area contributed by atoms with E-state index in [9.17, 15) is 4.79 Å². The predicted octanol–water partition coefficient (Wildman–Crippen LogP) is 2.69. The molecule has 0 aliphatic rings. The van der Waals surface area contributed by atoms with Crippen LogP contribution < -0.4 is 0 Å². The van der Waals surface area contributed by atoms with Crippen molar-refractivity contribution >= 4 is 5.91 Å². The lowest BCUT2D eigenvalue weighted by molar-refractivity contribution is -0.132. The van der Waals surface area contributed by atoms with E-state index < -0.39 is 0 Å². The van der Waals surface area contributed by atoms with E-state index in [4.69, 9.17) is 4.52 Å². The van der Waals surface area contributed by atoms with Crippen LogP contribution in [-0.2, 0) is 11.3 Å². The second kappa shape index (κ2) is 4.90. The van der Waals surface area contributed by atoms with E-state index in [1.807, 2.05) is 20.9 Å². The van der Waals surface area contributed by atoms with Gasteiger partial charge in [0.25, 0.3) is 0 Å². The van der Waals surface area contributed by atoms with Gasteiger partial charge < -0.3 is 9.42 Å². The third-order valence-electron chi connectivity index (χ3n) is 2.68. The third kappa shape index (κ3) is 3.88. The van der Waals surface area contributed by atoms with Gasteiger partial charge in [0, 0.05) is 19.0 Å². The molecule has 0 fully saturated rings. The summed E-state index contributed by atoms with van der Waals surface area (Å²) < 4.78 is 5.09. The third-order valence-corrected chi connectivity index (χ3v) is 2.68. The Hall–Kier alpha value is -1.32. The summed E-state index contributed by atoms with van der Waals surface area (Å²) in [5.41, 5.74) is 1.89. The Labute approximate surface area is 103 Å². The monoisotopic (exact) mass is 238 g/mol. The van der Waals surface area contributed by atoms with Crippen molar-refractivity contribution in [3.8, 4) is 0 Å². The van der Waals surface area contributed by atoms with Gasteiger partial charge in [-0.2, -0.15) is 0 Å². The number of nitrogens with zero attached hydrogens (tertiary/aromatic N) is 2. The maximum absolute atomic E-state index is 12.0. The molecule has 0 aliphatic heterocycles. The number of amides is 1. The first-order chi connectivity index (χ1) is 7.70. The summed E-state index contributed by atoms with van der Waals surface area (Å²) in [5, 5.41) is 3.89. The van der Waals surface area contributed by atoms with Crippen molar-refractivity contribution in [2.75, 3.05) is 7.05 Å². The highest BCUT2D eigenvalue weighted by atomic mass is 16.5. The average molecular weight is 238 g/mol. The van der Waals surface area contributed by atoms with E-state index in [2.05, 4.69) is 25.9 Å². The van der Waals surface area contributed by atoms with Crippen LogP contribution in [0.4, 0.5) is 0 Å². The zero-order chi connectivity index (χ0) is 13.2. The largest absolute Gasteiger partial charge is 0.361 e. The molecule has 1 amide bonds. The van der Waals surface area contributed by atoms with Gasteiger partial charge in [-0.1, -0.05) is 25.9 Å². The zero-order valence-corrected chi connectivity index (χ0v) is 11.6. The standard InChI is InChI=1S/C13H22N2O2/c1-9-11(10(2)17-14-9)8-15(6)12(16)7-13(3,4)5/h7-8H2,1-6H3. The van der Waals surface area contributed by atoms with Crippen LogP contribution in [0.5, 0.6) is 0 Å². The van der Waals surface area contributed by atoms with Gasteiger partial charge in [-0.15, -0.1) is 0 Å². The number of hydrogen-bond donors (Lipinski definition) is 0. The molecule has 0 atom stereocenters. The molecule has 1 rings (SSSR count). The van der Waals surface area contributed by atoms with E-state index in [1.165, 1.54) is 0 Å². The Balaban J connectivity index is 2.67. The molecule has 4 nitrogen and oxygen atoms in total. The van der Waals surface area contributed by atoms with Crippen molar-refractivity contribution in [1.82, 2.24) is 10.1 Å². The van der Waals surface area contributed by atoms with Crippen molar-refractivity contribution in [2.45, 2.75) is 47.6 Å².